The van der Waals surface area contributed by atoms with Crippen molar-refractivity contribution in [3.63, 3.8) is 0 Å². The fourth-order valence-corrected chi connectivity index (χ4v) is 4.84. The zero-order valence-electron chi connectivity index (χ0n) is 18.6. The summed E-state index contributed by atoms with van der Waals surface area (Å²) in [4.78, 5) is 16.9. The van der Waals surface area contributed by atoms with E-state index in [0.29, 0.717) is 38.2 Å². The van der Waals surface area contributed by atoms with Crippen molar-refractivity contribution in [1.29, 1.82) is 0 Å². The van der Waals surface area contributed by atoms with Crippen molar-refractivity contribution >= 4 is 5.91 Å². The van der Waals surface area contributed by atoms with E-state index in [1.54, 1.807) is 17.9 Å². The van der Waals surface area contributed by atoms with Crippen molar-refractivity contribution < 1.29 is 27.1 Å². The molecule has 2 saturated heterocycles. The molecule has 0 aromatic heterocycles. The van der Waals surface area contributed by atoms with Gasteiger partial charge in [0.1, 0.15) is 23.3 Å². The molecule has 1 amide bonds. The minimum atomic E-state index is -1.000. The lowest BCUT2D eigenvalue weighted by Gasteiger charge is -2.40. The molecule has 2 aromatic rings. The van der Waals surface area contributed by atoms with Crippen molar-refractivity contribution in [2.75, 3.05) is 32.7 Å². The van der Waals surface area contributed by atoms with Crippen molar-refractivity contribution in [3.8, 4) is 0 Å². The van der Waals surface area contributed by atoms with Crippen molar-refractivity contribution in [3.05, 3.63) is 70.3 Å². The number of likely N-dealkylation sites (tertiary alicyclic amines) is 2. The topological polar surface area (TPSA) is 32.8 Å². The van der Waals surface area contributed by atoms with E-state index in [1.807, 2.05) is 0 Å². The van der Waals surface area contributed by atoms with Crippen molar-refractivity contribution in [2.45, 2.75) is 44.8 Å². The highest BCUT2D eigenvalue weighted by atomic mass is 19.1. The van der Waals surface area contributed by atoms with Crippen LogP contribution in [0.25, 0.3) is 0 Å². The summed E-state index contributed by atoms with van der Waals surface area (Å²) in [5.74, 6) is -3.59. The fourth-order valence-electron chi connectivity index (χ4n) is 4.84. The standard InChI is InChI=1S/C25H28F4N2O2/c1-16-10-17(26)4-5-19(16)20-13-31(25(32)14-30-7-2-3-8-30)9-6-24(20)33-15-21-22(28)11-18(27)12-23(21)29/h4-5,10-12,20,24H,2-3,6-9,13-15H2,1H3. The third-order valence-electron chi connectivity index (χ3n) is 6.64. The van der Waals surface area contributed by atoms with Gasteiger partial charge in [-0.3, -0.25) is 9.69 Å². The fraction of sp³-hybridized carbons (Fsp3) is 0.480. The molecule has 0 saturated carbocycles. The summed E-state index contributed by atoms with van der Waals surface area (Å²) >= 11 is 0. The van der Waals surface area contributed by atoms with Crippen LogP contribution in [0.1, 0.15) is 41.9 Å². The van der Waals surface area contributed by atoms with Crippen LogP contribution in [0, 0.1) is 30.2 Å². The Kier molecular flexibility index (Phi) is 7.34. The Morgan fingerprint density at radius 2 is 1.70 bits per heavy atom. The number of halogens is 4. The molecule has 0 radical (unpaired) electrons. The Bertz CT molecular complexity index is 987. The van der Waals surface area contributed by atoms with Crippen LogP contribution in [0.15, 0.2) is 30.3 Å². The molecule has 2 atom stereocenters. The van der Waals surface area contributed by atoms with Crippen molar-refractivity contribution in [1.82, 2.24) is 9.80 Å². The van der Waals surface area contributed by atoms with E-state index in [0.717, 1.165) is 37.1 Å². The molecule has 0 aliphatic carbocycles. The van der Waals surface area contributed by atoms with Crippen LogP contribution in [0.2, 0.25) is 0 Å². The van der Waals surface area contributed by atoms with Crippen LogP contribution in [0.5, 0.6) is 0 Å². The number of hydrogen-bond acceptors (Lipinski definition) is 3. The molecule has 0 spiro atoms. The number of piperidine rings is 1. The number of carbonyl (C=O) groups is 1. The highest BCUT2D eigenvalue weighted by Gasteiger charge is 2.35. The maximum Gasteiger partial charge on any atom is 0.236 e. The molecule has 8 heteroatoms. The van der Waals surface area contributed by atoms with Gasteiger partial charge in [-0.1, -0.05) is 6.07 Å². The molecule has 2 aliphatic rings. The molecule has 4 nitrogen and oxygen atoms in total. The SMILES string of the molecule is Cc1cc(F)ccc1C1CN(C(=O)CN2CCCC2)CCC1OCc1c(F)cc(F)cc1F. The molecule has 33 heavy (non-hydrogen) atoms. The molecule has 2 heterocycles. The van der Waals surface area contributed by atoms with Gasteiger partial charge in [-0.05, 0) is 62.5 Å². The number of benzene rings is 2. The van der Waals surface area contributed by atoms with E-state index < -0.39 is 23.6 Å². The molecule has 2 aromatic carbocycles. The van der Waals surface area contributed by atoms with Gasteiger partial charge in [-0.25, -0.2) is 17.6 Å². The van der Waals surface area contributed by atoms with Gasteiger partial charge in [0.25, 0.3) is 0 Å². The first-order valence-corrected chi connectivity index (χ1v) is 11.3. The number of carbonyl (C=O) groups excluding carboxylic acids is 1. The lowest BCUT2D eigenvalue weighted by Crippen LogP contribution is -2.48. The first-order chi connectivity index (χ1) is 15.8. The summed E-state index contributed by atoms with van der Waals surface area (Å²) in [5.41, 5.74) is 1.22. The number of amides is 1. The van der Waals surface area contributed by atoms with Gasteiger partial charge in [0.2, 0.25) is 5.91 Å². The number of hydrogen-bond donors (Lipinski definition) is 0. The van der Waals surface area contributed by atoms with E-state index in [4.69, 9.17) is 4.74 Å². The molecule has 4 rings (SSSR count). The van der Waals surface area contributed by atoms with Gasteiger partial charge < -0.3 is 9.64 Å². The Hall–Kier alpha value is -2.45. The van der Waals surface area contributed by atoms with Crippen LogP contribution < -0.4 is 0 Å². The number of ether oxygens (including phenoxy) is 1. The molecule has 178 valence electrons. The molecule has 2 fully saturated rings. The molecule has 0 bridgehead atoms. The predicted molar refractivity (Wildman–Crippen MR) is 116 cm³/mol. The molecule has 2 aliphatic heterocycles. The molecule has 2 unspecified atom stereocenters. The number of rotatable bonds is 6. The van der Waals surface area contributed by atoms with Gasteiger partial charge in [-0.2, -0.15) is 0 Å². The van der Waals surface area contributed by atoms with Crippen LogP contribution in [-0.2, 0) is 16.1 Å². The maximum absolute atomic E-state index is 14.1. The highest BCUT2D eigenvalue weighted by molar-refractivity contribution is 5.78. The summed E-state index contributed by atoms with van der Waals surface area (Å²) in [6, 6.07) is 5.73. The normalized spacial score (nSPS) is 21.5. The monoisotopic (exact) mass is 464 g/mol. The van der Waals surface area contributed by atoms with Crippen LogP contribution >= 0.6 is 0 Å². The van der Waals surface area contributed by atoms with Crippen LogP contribution in [0.3, 0.4) is 0 Å². The zero-order chi connectivity index (χ0) is 23.5. The van der Waals surface area contributed by atoms with Gasteiger partial charge >= 0.3 is 0 Å². The second-order valence-electron chi connectivity index (χ2n) is 8.92. The Morgan fingerprint density at radius 1 is 1.00 bits per heavy atom. The average Bonchev–Trinajstić information content (AvgIpc) is 3.26. The zero-order valence-corrected chi connectivity index (χ0v) is 18.6. The first-order valence-electron chi connectivity index (χ1n) is 11.3. The van der Waals surface area contributed by atoms with Gasteiger partial charge in [0, 0.05) is 36.7 Å². The Morgan fingerprint density at radius 3 is 2.36 bits per heavy atom. The summed E-state index contributed by atoms with van der Waals surface area (Å²) in [6.45, 7) is 4.47. The lowest BCUT2D eigenvalue weighted by atomic mass is 9.85. The van der Waals surface area contributed by atoms with E-state index in [-0.39, 0.29) is 29.8 Å². The second kappa shape index (κ2) is 10.2. The van der Waals surface area contributed by atoms with E-state index in [1.165, 1.54) is 12.1 Å². The average molecular weight is 465 g/mol. The maximum atomic E-state index is 14.1. The third kappa shape index (κ3) is 5.55. The van der Waals surface area contributed by atoms with E-state index in [9.17, 15) is 22.4 Å². The molecular formula is C25H28F4N2O2. The largest absolute Gasteiger partial charge is 0.373 e. The summed E-state index contributed by atoms with van der Waals surface area (Å²) in [5, 5.41) is 0. The summed E-state index contributed by atoms with van der Waals surface area (Å²) in [6.07, 6.45) is 2.22. The first kappa shape index (κ1) is 23.7. The summed E-state index contributed by atoms with van der Waals surface area (Å²) in [7, 11) is 0. The lowest BCUT2D eigenvalue weighted by molar-refractivity contribution is -0.135. The Balaban J connectivity index is 1.52. The summed E-state index contributed by atoms with van der Waals surface area (Å²) < 4.78 is 61.1. The van der Waals surface area contributed by atoms with E-state index in [2.05, 4.69) is 4.90 Å². The number of aryl methyl sites for hydroxylation is 1. The van der Waals surface area contributed by atoms with Crippen LogP contribution in [-0.4, -0.2) is 54.5 Å². The van der Waals surface area contributed by atoms with Crippen molar-refractivity contribution in [2.24, 2.45) is 0 Å². The molecular weight excluding hydrogens is 436 g/mol. The smallest absolute Gasteiger partial charge is 0.236 e. The van der Waals surface area contributed by atoms with Gasteiger partial charge in [0.15, 0.2) is 0 Å². The van der Waals surface area contributed by atoms with Gasteiger partial charge in [0.05, 0.1) is 19.3 Å². The minimum Gasteiger partial charge on any atom is -0.373 e. The van der Waals surface area contributed by atoms with E-state index >= 15 is 0 Å². The Labute approximate surface area is 191 Å². The van der Waals surface area contributed by atoms with Gasteiger partial charge in [-0.15, -0.1) is 0 Å². The second-order valence-corrected chi connectivity index (χ2v) is 8.92. The molecule has 0 N–H and O–H groups in total. The third-order valence-corrected chi connectivity index (χ3v) is 6.64. The predicted octanol–water partition coefficient (Wildman–Crippen LogP) is 4.55. The minimum absolute atomic E-state index is 0.0377. The quantitative estimate of drug-likeness (QED) is 0.588. The highest BCUT2D eigenvalue weighted by Crippen LogP contribution is 2.33. The van der Waals surface area contributed by atoms with Crippen LogP contribution in [0.4, 0.5) is 17.6 Å². The number of nitrogens with zero attached hydrogens (tertiary/aromatic N) is 2.